The molecule has 1 heterocycles. The minimum atomic E-state index is -0.391. The highest BCUT2D eigenvalue weighted by Crippen LogP contribution is 2.12. The van der Waals surface area contributed by atoms with Crippen molar-refractivity contribution in [3.63, 3.8) is 0 Å². The molecule has 2 amide bonds. The van der Waals surface area contributed by atoms with Crippen LogP contribution in [-0.4, -0.2) is 16.2 Å². The van der Waals surface area contributed by atoms with Gasteiger partial charge in [0.25, 0.3) is 0 Å². The van der Waals surface area contributed by atoms with Gasteiger partial charge in [0, 0.05) is 11.3 Å². The van der Waals surface area contributed by atoms with Gasteiger partial charge in [-0.3, -0.25) is 10.4 Å². The van der Waals surface area contributed by atoms with E-state index in [1.54, 1.807) is 30.5 Å². The minimum absolute atomic E-state index is 0.391. The van der Waals surface area contributed by atoms with E-state index in [1.165, 1.54) is 0 Å². The van der Waals surface area contributed by atoms with E-state index in [1.807, 2.05) is 13.0 Å². The van der Waals surface area contributed by atoms with Crippen molar-refractivity contribution in [2.24, 2.45) is 0 Å². The van der Waals surface area contributed by atoms with Crippen molar-refractivity contribution in [1.29, 1.82) is 5.26 Å². The van der Waals surface area contributed by atoms with Crippen molar-refractivity contribution in [2.45, 2.75) is 6.92 Å². The molecule has 0 aliphatic rings. The maximum absolute atomic E-state index is 11.7. The SMILES string of the molecule is Cc1cn[nH]c1NC(=O)Nc1cccc(C#N)c1. The smallest absolute Gasteiger partial charge is 0.308 e. The van der Waals surface area contributed by atoms with E-state index in [9.17, 15) is 4.79 Å². The number of hydrogen-bond acceptors (Lipinski definition) is 3. The van der Waals surface area contributed by atoms with Gasteiger partial charge in [0.2, 0.25) is 0 Å². The maximum Gasteiger partial charge on any atom is 0.324 e. The van der Waals surface area contributed by atoms with Crippen molar-refractivity contribution < 1.29 is 4.79 Å². The Balaban J connectivity index is 2.03. The van der Waals surface area contributed by atoms with E-state index in [2.05, 4.69) is 20.8 Å². The summed E-state index contributed by atoms with van der Waals surface area (Å²) in [5.41, 5.74) is 1.89. The Kier molecular flexibility index (Phi) is 3.25. The first-order valence-corrected chi connectivity index (χ1v) is 5.27. The van der Waals surface area contributed by atoms with Crippen LogP contribution in [0, 0.1) is 18.3 Å². The molecule has 0 saturated heterocycles. The van der Waals surface area contributed by atoms with E-state index in [0.29, 0.717) is 17.1 Å². The van der Waals surface area contributed by atoms with Crippen LogP contribution < -0.4 is 10.6 Å². The van der Waals surface area contributed by atoms with E-state index >= 15 is 0 Å². The Morgan fingerprint density at radius 1 is 1.44 bits per heavy atom. The van der Waals surface area contributed by atoms with Gasteiger partial charge >= 0.3 is 6.03 Å². The number of aryl methyl sites for hydroxylation is 1. The van der Waals surface area contributed by atoms with Gasteiger partial charge in [0.15, 0.2) is 0 Å². The third-order valence-corrected chi connectivity index (χ3v) is 2.32. The van der Waals surface area contributed by atoms with Crippen LogP contribution in [0.1, 0.15) is 11.1 Å². The van der Waals surface area contributed by atoms with E-state index < -0.39 is 6.03 Å². The molecule has 0 aliphatic heterocycles. The lowest BCUT2D eigenvalue weighted by Gasteiger charge is -2.06. The van der Waals surface area contributed by atoms with Gasteiger partial charge < -0.3 is 5.32 Å². The number of nitrogens with zero attached hydrogens (tertiary/aromatic N) is 2. The molecule has 90 valence electrons. The number of carbonyl (C=O) groups is 1. The van der Waals surface area contributed by atoms with Crippen molar-refractivity contribution in [2.75, 3.05) is 10.6 Å². The van der Waals surface area contributed by atoms with Gasteiger partial charge in [-0.05, 0) is 25.1 Å². The largest absolute Gasteiger partial charge is 0.324 e. The molecule has 0 atom stereocenters. The highest BCUT2D eigenvalue weighted by molar-refractivity contribution is 5.99. The molecule has 0 saturated carbocycles. The number of aromatic amines is 1. The molecule has 2 rings (SSSR count). The maximum atomic E-state index is 11.7. The minimum Gasteiger partial charge on any atom is -0.308 e. The fourth-order valence-corrected chi connectivity index (χ4v) is 1.42. The van der Waals surface area contributed by atoms with Crippen molar-refractivity contribution >= 4 is 17.5 Å². The summed E-state index contributed by atoms with van der Waals surface area (Å²) in [6, 6.07) is 8.29. The molecule has 0 fully saturated rings. The summed E-state index contributed by atoms with van der Waals surface area (Å²) in [5, 5.41) is 20.5. The molecule has 18 heavy (non-hydrogen) atoms. The number of carbonyl (C=O) groups excluding carboxylic acids is 1. The second kappa shape index (κ2) is 5.01. The number of rotatable bonds is 2. The molecule has 6 heteroatoms. The quantitative estimate of drug-likeness (QED) is 0.752. The Morgan fingerprint density at radius 2 is 2.28 bits per heavy atom. The lowest BCUT2D eigenvalue weighted by molar-refractivity contribution is 0.262. The van der Waals surface area contributed by atoms with Crippen LogP contribution in [-0.2, 0) is 0 Å². The molecular formula is C12H11N5O. The summed E-state index contributed by atoms with van der Waals surface area (Å²) in [6.45, 7) is 1.83. The molecule has 0 aliphatic carbocycles. The first-order chi connectivity index (χ1) is 8.69. The number of H-pyrrole nitrogens is 1. The first kappa shape index (κ1) is 11.7. The average molecular weight is 241 g/mol. The number of nitriles is 1. The standard InChI is InChI=1S/C12H11N5O/c1-8-7-14-17-11(8)16-12(18)15-10-4-2-3-9(5-10)6-13/h2-5,7H,1H3,(H3,14,15,16,17,18). The van der Waals surface area contributed by atoms with Crippen LogP contribution in [0.3, 0.4) is 0 Å². The molecule has 2 aromatic rings. The zero-order chi connectivity index (χ0) is 13.0. The summed E-state index contributed by atoms with van der Waals surface area (Å²) in [4.78, 5) is 11.7. The summed E-state index contributed by atoms with van der Waals surface area (Å²) < 4.78 is 0. The topological polar surface area (TPSA) is 93.6 Å². The zero-order valence-corrected chi connectivity index (χ0v) is 9.69. The normalized spacial score (nSPS) is 9.56. The highest BCUT2D eigenvalue weighted by atomic mass is 16.2. The third-order valence-electron chi connectivity index (χ3n) is 2.32. The average Bonchev–Trinajstić information content (AvgIpc) is 2.75. The summed E-state index contributed by atoms with van der Waals surface area (Å²) in [6.07, 6.45) is 1.62. The lowest BCUT2D eigenvalue weighted by atomic mass is 10.2. The molecule has 0 unspecified atom stereocenters. The van der Waals surface area contributed by atoms with Crippen LogP contribution in [0.2, 0.25) is 0 Å². The molecule has 0 spiro atoms. The van der Waals surface area contributed by atoms with E-state index in [4.69, 9.17) is 5.26 Å². The Morgan fingerprint density at radius 3 is 2.94 bits per heavy atom. The molecule has 3 N–H and O–H groups in total. The lowest BCUT2D eigenvalue weighted by Crippen LogP contribution is -2.20. The fourth-order valence-electron chi connectivity index (χ4n) is 1.42. The summed E-state index contributed by atoms with van der Waals surface area (Å²) >= 11 is 0. The predicted octanol–water partition coefficient (Wildman–Crippen LogP) is 2.23. The highest BCUT2D eigenvalue weighted by Gasteiger charge is 2.06. The Labute approximate surface area is 104 Å². The number of urea groups is 1. The van der Waals surface area contributed by atoms with Crippen molar-refractivity contribution in [1.82, 2.24) is 10.2 Å². The molecule has 6 nitrogen and oxygen atoms in total. The number of anilines is 2. The number of amides is 2. The number of benzene rings is 1. The van der Waals surface area contributed by atoms with Crippen molar-refractivity contribution in [3.8, 4) is 6.07 Å². The fraction of sp³-hybridized carbons (Fsp3) is 0.0833. The molecule has 1 aromatic heterocycles. The van der Waals surface area contributed by atoms with Gasteiger partial charge in [-0.15, -0.1) is 0 Å². The van der Waals surface area contributed by atoms with Gasteiger partial charge in [0.1, 0.15) is 5.82 Å². The van der Waals surface area contributed by atoms with Gasteiger partial charge in [0.05, 0.1) is 17.8 Å². The monoisotopic (exact) mass is 241 g/mol. The first-order valence-electron chi connectivity index (χ1n) is 5.27. The number of nitrogens with one attached hydrogen (secondary N) is 3. The van der Waals surface area contributed by atoms with Gasteiger partial charge in [-0.1, -0.05) is 6.07 Å². The van der Waals surface area contributed by atoms with Crippen LogP contribution >= 0.6 is 0 Å². The Bertz CT molecular complexity index is 611. The van der Waals surface area contributed by atoms with E-state index in [0.717, 1.165) is 5.56 Å². The Hall–Kier alpha value is -2.81. The third kappa shape index (κ3) is 2.65. The van der Waals surface area contributed by atoms with Crippen LogP contribution in [0.25, 0.3) is 0 Å². The molecule has 1 aromatic carbocycles. The molecular weight excluding hydrogens is 230 g/mol. The zero-order valence-electron chi connectivity index (χ0n) is 9.69. The summed E-state index contributed by atoms with van der Waals surface area (Å²) in [5.74, 6) is 0.545. The second-order valence-electron chi connectivity index (χ2n) is 3.70. The van der Waals surface area contributed by atoms with Gasteiger partial charge in [-0.2, -0.15) is 10.4 Å². The van der Waals surface area contributed by atoms with E-state index in [-0.39, 0.29) is 0 Å². The number of aromatic nitrogens is 2. The van der Waals surface area contributed by atoms with Crippen LogP contribution in [0.4, 0.5) is 16.3 Å². The van der Waals surface area contributed by atoms with Crippen molar-refractivity contribution in [3.05, 3.63) is 41.6 Å². The van der Waals surface area contributed by atoms with Crippen LogP contribution in [0.5, 0.6) is 0 Å². The predicted molar refractivity (Wildman–Crippen MR) is 67.1 cm³/mol. The molecule has 0 radical (unpaired) electrons. The van der Waals surface area contributed by atoms with Crippen LogP contribution in [0.15, 0.2) is 30.5 Å². The number of hydrogen-bond donors (Lipinski definition) is 3. The second-order valence-corrected chi connectivity index (χ2v) is 3.70. The molecule has 0 bridgehead atoms. The van der Waals surface area contributed by atoms with Gasteiger partial charge in [-0.25, -0.2) is 4.79 Å². The summed E-state index contributed by atoms with van der Waals surface area (Å²) in [7, 11) is 0.